The number of amides is 1. The molecule has 0 aliphatic heterocycles. The first kappa shape index (κ1) is 19.4. The number of nitrogens with zero attached hydrogens (tertiary/aromatic N) is 2. The molecule has 1 aliphatic carbocycles. The smallest absolute Gasteiger partial charge is 0.261 e. The Morgan fingerprint density at radius 1 is 1.14 bits per heavy atom. The van der Waals surface area contributed by atoms with E-state index in [1.54, 1.807) is 17.7 Å². The molecule has 2 aromatic carbocycles. The van der Waals surface area contributed by atoms with Gasteiger partial charge in [0, 0.05) is 19.9 Å². The second kappa shape index (κ2) is 8.19. The third-order valence-electron chi connectivity index (χ3n) is 5.90. The van der Waals surface area contributed by atoms with Gasteiger partial charge in [-0.05, 0) is 61.4 Å². The summed E-state index contributed by atoms with van der Waals surface area (Å²) < 4.78 is 1.54. The molecule has 1 heterocycles. The zero-order chi connectivity index (χ0) is 20.4. The summed E-state index contributed by atoms with van der Waals surface area (Å²) in [6, 6.07) is 13.9. The van der Waals surface area contributed by atoms with Gasteiger partial charge in [-0.2, -0.15) is 0 Å². The van der Waals surface area contributed by atoms with E-state index in [0.717, 1.165) is 18.4 Å². The van der Waals surface area contributed by atoms with Crippen molar-refractivity contribution in [2.24, 2.45) is 7.05 Å². The molecule has 0 fully saturated rings. The van der Waals surface area contributed by atoms with E-state index in [2.05, 4.69) is 28.5 Å². The molecule has 1 amide bonds. The van der Waals surface area contributed by atoms with Crippen LogP contribution in [-0.2, 0) is 31.1 Å². The number of rotatable bonds is 5. The van der Waals surface area contributed by atoms with Crippen molar-refractivity contribution in [3.8, 4) is 0 Å². The lowest BCUT2D eigenvalue weighted by atomic mass is 9.89. The maximum Gasteiger partial charge on any atom is 0.261 e. The summed E-state index contributed by atoms with van der Waals surface area (Å²) in [5, 5.41) is 3.69. The number of fused-ring (bicyclic) bond motifs is 2. The molecule has 1 atom stereocenters. The van der Waals surface area contributed by atoms with Gasteiger partial charge >= 0.3 is 0 Å². The zero-order valence-corrected chi connectivity index (χ0v) is 17.1. The third kappa shape index (κ3) is 4.09. The van der Waals surface area contributed by atoms with Crippen molar-refractivity contribution in [2.45, 2.75) is 51.5 Å². The SMILES string of the molecule is C[C@H](NC(=O)CCc1nc2ccccc2c(=O)n1C)c1ccc2c(c1)CCCC2. The standard InChI is InChI=1S/C24H27N3O2/c1-16(18-12-11-17-7-3-4-8-19(17)15-18)25-23(28)14-13-22-26-21-10-6-5-9-20(21)24(29)27(22)2/h5-6,9-12,15-16H,3-4,7-8,13-14H2,1-2H3,(H,25,28)/t16-/m0/s1. The van der Waals surface area contributed by atoms with Crippen LogP contribution in [-0.4, -0.2) is 15.5 Å². The summed E-state index contributed by atoms with van der Waals surface area (Å²) >= 11 is 0. The fraction of sp³-hybridized carbons (Fsp3) is 0.375. The van der Waals surface area contributed by atoms with Crippen molar-refractivity contribution < 1.29 is 4.79 Å². The molecule has 0 radical (unpaired) electrons. The number of hydrogen-bond acceptors (Lipinski definition) is 3. The average Bonchev–Trinajstić information content (AvgIpc) is 2.75. The highest BCUT2D eigenvalue weighted by atomic mass is 16.1. The molecule has 0 unspecified atom stereocenters. The first-order valence-corrected chi connectivity index (χ1v) is 10.4. The summed E-state index contributed by atoms with van der Waals surface area (Å²) in [5.41, 5.74) is 4.61. The molecule has 1 aliphatic rings. The summed E-state index contributed by atoms with van der Waals surface area (Å²) in [7, 11) is 1.71. The molecule has 150 valence electrons. The molecule has 5 nitrogen and oxygen atoms in total. The van der Waals surface area contributed by atoms with Gasteiger partial charge in [-0.3, -0.25) is 14.2 Å². The van der Waals surface area contributed by atoms with Gasteiger partial charge in [-0.15, -0.1) is 0 Å². The summed E-state index contributed by atoms with van der Waals surface area (Å²) in [4.78, 5) is 29.6. The van der Waals surface area contributed by atoms with Crippen LogP contribution in [0, 0.1) is 0 Å². The molecule has 0 saturated heterocycles. The van der Waals surface area contributed by atoms with Gasteiger partial charge in [-0.1, -0.05) is 30.3 Å². The maximum atomic E-state index is 12.5. The molecule has 0 spiro atoms. The Morgan fingerprint density at radius 2 is 1.90 bits per heavy atom. The van der Waals surface area contributed by atoms with Crippen molar-refractivity contribution >= 4 is 16.8 Å². The number of carbonyl (C=O) groups is 1. The quantitative estimate of drug-likeness (QED) is 0.725. The number of hydrogen-bond donors (Lipinski definition) is 1. The Hall–Kier alpha value is -2.95. The van der Waals surface area contributed by atoms with Crippen LogP contribution >= 0.6 is 0 Å². The van der Waals surface area contributed by atoms with Gasteiger partial charge in [0.25, 0.3) is 5.56 Å². The third-order valence-corrected chi connectivity index (χ3v) is 5.90. The largest absolute Gasteiger partial charge is 0.350 e. The van der Waals surface area contributed by atoms with Crippen molar-refractivity contribution in [2.75, 3.05) is 0 Å². The molecule has 0 saturated carbocycles. The zero-order valence-electron chi connectivity index (χ0n) is 17.1. The Labute approximate surface area is 170 Å². The maximum absolute atomic E-state index is 12.5. The van der Waals surface area contributed by atoms with E-state index in [-0.39, 0.29) is 17.5 Å². The van der Waals surface area contributed by atoms with Crippen LogP contribution in [0.1, 0.15) is 54.7 Å². The molecule has 1 aromatic heterocycles. The first-order valence-electron chi connectivity index (χ1n) is 10.4. The van der Waals surface area contributed by atoms with Gasteiger partial charge < -0.3 is 5.32 Å². The Bertz CT molecular complexity index is 1120. The van der Waals surface area contributed by atoms with Crippen LogP contribution in [0.2, 0.25) is 0 Å². The highest BCUT2D eigenvalue weighted by molar-refractivity contribution is 5.78. The first-order chi connectivity index (χ1) is 14.0. The Morgan fingerprint density at radius 3 is 2.72 bits per heavy atom. The van der Waals surface area contributed by atoms with Crippen LogP contribution in [0.3, 0.4) is 0 Å². The number of aromatic nitrogens is 2. The molecule has 1 N–H and O–H groups in total. The van der Waals surface area contributed by atoms with Gasteiger partial charge in [0.15, 0.2) is 0 Å². The minimum atomic E-state index is -0.0755. The number of aryl methyl sites for hydroxylation is 3. The van der Waals surface area contributed by atoms with Crippen LogP contribution in [0.4, 0.5) is 0 Å². The van der Waals surface area contributed by atoms with E-state index in [1.807, 2.05) is 25.1 Å². The predicted octanol–water partition coefficient (Wildman–Crippen LogP) is 3.62. The second-order valence-corrected chi connectivity index (χ2v) is 7.93. The highest BCUT2D eigenvalue weighted by Crippen LogP contribution is 2.24. The number of nitrogens with one attached hydrogen (secondary N) is 1. The van der Waals surface area contributed by atoms with E-state index in [1.165, 1.54) is 24.0 Å². The highest BCUT2D eigenvalue weighted by Gasteiger charge is 2.15. The fourth-order valence-electron chi connectivity index (χ4n) is 4.13. The summed E-state index contributed by atoms with van der Waals surface area (Å²) in [6.07, 6.45) is 5.53. The summed E-state index contributed by atoms with van der Waals surface area (Å²) in [6.45, 7) is 2.02. The Balaban J connectivity index is 1.42. The molecule has 4 rings (SSSR count). The molecule has 3 aromatic rings. The van der Waals surface area contributed by atoms with Crippen LogP contribution in [0.5, 0.6) is 0 Å². The molecular weight excluding hydrogens is 362 g/mol. The van der Waals surface area contributed by atoms with Gasteiger partial charge in [0.2, 0.25) is 5.91 Å². The van der Waals surface area contributed by atoms with Gasteiger partial charge in [0.05, 0.1) is 16.9 Å². The lowest BCUT2D eigenvalue weighted by Gasteiger charge is -2.20. The number of carbonyl (C=O) groups excluding carboxylic acids is 1. The molecule has 5 heteroatoms. The van der Waals surface area contributed by atoms with Crippen molar-refractivity contribution in [3.63, 3.8) is 0 Å². The van der Waals surface area contributed by atoms with E-state index >= 15 is 0 Å². The van der Waals surface area contributed by atoms with E-state index in [0.29, 0.717) is 29.6 Å². The summed E-state index contributed by atoms with van der Waals surface area (Å²) in [5.74, 6) is 0.600. The Kier molecular flexibility index (Phi) is 5.47. The van der Waals surface area contributed by atoms with E-state index < -0.39 is 0 Å². The minimum absolute atomic E-state index is 0.0300. The predicted molar refractivity (Wildman–Crippen MR) is 115 cm³/mol. The molecule has 29 heavy (non-hydrogen) atoms. The van der Waals surface area contributed by atoms with E-state index in [4.69, 9.17) is 0 Å². The normalized spacial score (nSPS) is 14.4. The fourth-order valence-corrected chi connectivity index (χ4v) is 4.13. The monoisotopic (exact) mass is 389 g/mol. The van der Waals surface area contributed by atoms with Crippen LogP contribution < -0.4 is 10.9 Å². The number of para-hydroxylation sites is 1. The van der Waals surface area contributed by atoms with Crippen molar-refractivity contribution in [1.29, 1.82) is 0 Å². The second-order valence-electron chi connectivity index (χ2n) is 7.93. The van der Waals surface area contributed by atoms with Gasteiger partial charge in [-0.25, -0.2) is 4.98 Å². The lowest BCUT2D eigenvalue weighted by Crippen LogP contribution is -2.28. The van der Waals surface area contributed by atoms with Crippen LogP contribution in [0.15, 0.2) is 47.3 Å². The number of benzene rings is 2. The van der Waals surface area contributed by atoms with Gasteiger partial charge in [0.1, 0.15) is 5.82 Å². The average molecular weight is 389 g/mol. The van der Waals surface area contributed by atoms with Crippen molar-refractivity contribution in [3.05, 3.63) is 75.3 Å². The van der Waals surface area contributed by atoms with Crippen molar-refractivity contribution in [1.82, 2.24) is 14.9 Å². The lowest BCUT2D eigenvalue weighted by molar-refractivity contribution is -0.121. The molecule has 0 bridgehead atoms. The topological polar surface area (TPSA) is 64.0 Å². The van der Waals surface area contributed by atoms with E-state index in [9.17, 15) is 9.59 Å². The van der Waals surface area contributed by atoms with Crippen LogP contribution in [0.25, 0.3) is 10.9 Å². The molecular formula is C24H27N3O2. The minimum Gasteiger partial charge on any atom is -0.350 e.